The maximum Gasteiger partial charge on any atom is 0.314 e. The van der Waals surface area contributed by atoms with Gasteiger partial charge in [-0.3, -0.25) is 9.59 Å². The van der Waals surface area contributed by atoms with Gasteiger partial charge in [0, 0.05) is 0 Å². The third-order valence-electron chi connectivity index (χ3n) is 3.15. The summed E-state index contributed by atoms with van der Waals surface area (Å²) in [6.07, 6.45) is 0. The van der Waals surface area contributed by atoms with Crippen molar-refractivity contribution in [2.45, 2.75) is 5.38 Å². The second-order valence-corrected chi connectivity index (χ2v) is 5.81. The number of aromatic amines is 2. The second-order valence-electron chi connectivity index (χ2n) is 4.43. The van der Waals surface area contributed by atoms with Crippen molar-refractivity contribution >= 4 is 34.0 Å². The second kappa shape index (κ2) is 5.38. The third kappa shape index (κ3) is 2.48. The summed E-state index contributed by atoms with van der Waals surface area (Å²) in [5.74, 6) is 0.732. The number of H-pyrrole nitrogens is 2. The highest BCUT2D eigenvalue weighted by molar-refractivity contribution is 7.10. The highest BCUT2D eigenvalue weighted by Gasteiger charge is 2.17. The topological polar surface area (TPSA) is 75.0 Å². The molecule has 7 heteroatoms. The Morgan fingerprint density at radius 3 is 2.57 bits per heavy atom. The van der Waals surface area contributed by atoms with E-state index in [1.54, 1.807) is 19.2 Å². The molecular formula is C14H11ClN2O3S. The molecule has 0 radical (unpaired) electrons. The van der Waals surface area contributed by atoms with Crippen LogP contribution in [0, 0.1) is 0 Å². The van der Waals surface area contributed by atoms with E-state index in [9.17, 15) is 9.59 Å². The quantitative estimate of drug-likeness (QED) is 0.575. The Hall–Kier alpha value is -2.05. The van der Waals surface area contributed by atoms with Gasteiger partial charge in [0.15, 0.2) is 0 Å². The summed E-state index contributed by atoms with van der Waals surface area (Å²) in [5, 5.41) is 1.52. The molecule has 2 heterocycles. The van der Waals surface area contributed by atoms with Gasteiger partial charge >= 0.3 is 11.1 Å². The molecule has 2 N–H and O–H groups in total. The van der Waals surface area contributed by atoms with E-state index < -0.39 is 11.1 Å². The summed E-state index contributed by atoms with van der Waals surface area (Å²) in [4.78, 5) is 28.6. The minimum Gasteiger partial charge on any atom is -0.496 e. The van der Waals surface area contributed by atoms with Gasteiger partial charge in [0.05, 0.1) is 28.4 Å². The molecule has 0 saturated heterocycles. The molecule has 1 aromatic carbocycles. The van der Waals surface area contributed by atoms with Gasteiger partial charge in [0.1, 0.15) is 5.75 Å². The van der Waals surface area contributed by atoms with E-state index in [1.807, 2.05) is 17.5 Å². The first-order chi connectivity index (χ1) is 10.1. The maximum absolute atomic E-state index is 11.4. The zero-order valence-electron chi connectivity index (χ0n) is 11.0. The van der Waals surface area contributed by atoms with Crippen LogP contribution in [-0.4, -0.2) is 17.1 Å². The van der Waals surface area contributed by atoms with E-state index in [4.69, 9.17) is 16.3 Å². The average molecular weight is 323 g/mol. The van der Waals surface area contributed by atoms with E-state index in [1.165, 1.54) is 11.3 Å². The molecule has 5 nitrogen and oxygen atoms in total. The van der Waals surface area contributed by atoms with Crippen LogP contribution in [0.4, 0.5) is 0 Å². The molecule has 0 aliphatic rings. The van der Waals surface area contributed by atoms with Crippen LogP contribution in [0.15, 0.2) is 39.2 Å². The summed E-state index contributed by atoms with van der Waals surface area (Å²) in [6, 6.07) is 7.14. The minimum absolute atomic E-state index is 0.389. The van der Waals surface area contributed by atoms with Gasteiger partial charge in [-0.15, -0.1) is 22.9 Å². The molecular weight excluding hydrogens is 312 g/mol. The van der Waals surface area contributed by atoms with Crippen LogP contribution in [0.25, 0.3) is 11.0 Å². The highest BCUT2D eigenvalue weighted by Crippen LogP contribution is 2.39. The number of nitrogens with one attached hydrogen (secondary N) is 2. The van der Waals surface area contributed by atoms with Crippen molar-refractivity contribution < 1.29 is 4.74 Å². The predicted molar refractivity (Wildman–Crippen MR) is 83.8 cm³/mol. The number of ether oxygens (including phenoxy) is 1. The highest BCUT2D eigenvalue weighted by atomic mass is 35.5. The molecule has 1 unspecified atom stereocenters. The van der Waals surface area contributed by atoms with Crippen LogP contribution in [0.2, 0.25) is 0 Å². The number of hydrogen-bond acceptors (Lipinski definition) is 4. The van der Waals surface area contributed by atoms with E-state index in [2.05, 4.69) is 9.97 Å². The van der Waals surface area contributed by atoms with Crippen molar-refractivity contribution in [3.8, 4) is 5.75 Å². The first-order valence-electron chi connectivity index (χ1n) is 6.12. The number of benzene rings is 1. The lowest BCUT2D eigenvalue weighted by Crippen LogP contribution is -2.28. The van der Waals surface area contributed by atoms with Gasteiger partial charge in [-0.1, -0.05) is 6.07 Å². The molecule has 3 aromatic rings. The number of methoxy groups -OCH3 is 1. The van der Waals surface area contributed by atoms with Gasteiger partial charge in [-0.05, 0) is 29.1 Å². The van der Waals surface area contributed by atoms with Gasteiger partial charge in [-0.2, -0.15) is 0 Å². The normalized spacial score (nSPS) is 12.5. The first-order valence-corrected chi connectivity index (χ1v) is 7.43. The lowest BCUT2D eigenvalue weighted by Gasteiger charge is -2.11. The van der Waals surface area contributed by atoms with Crippen LogP contribution in [0.5, 0.6) is 5.75 Å². The van der Waals surface area contributed by atoms with Crippen molar-refractivity contribution in [3.05, 3.63) is 60.8 Å². The largest absolute Gasteiger partial charge is 0.496 e. The standard InChI is InChI=1S/C14H11ClN2O3S/c1-20-10-4-5-21-12(10)11(15)7-2-3-8-9(6-7)17-14(19)13(18)16-8/h2-6,11H,1H3,(H,16,18)(H,17,19). The summed E-state index contributed by atoms with van der Waals surface area (Å²) in [5.41, 5.74) is 0.563. The molecule has 1 atom stereocenters. The van der Waals surface area contributed by atoms with Gasteiger partial charge in [-0.25, -0.2) is 0 Å². The zero-order valence-corrected chi connectivity index (χ0v) is 12.5. The average Bonchev–Trinajstić information content (AvgIpc) is 2.95. The van der Waals surface area contributed by atoms with Crippen LogP contribution in [0.1, 0.15) is 15.8 Å². The first kappa shape index (κ1) is 13.9. The van der Waals surface area contributed by atoms with Crippen LogP contribution < -0.4 is 15.9 Å². The van der Waals surface area contributed by atoms with E-state index >= 15 is 0 Å². The predicted octanol–water partition coefficient (Wildman–Crippen LogP) is 2.61. The van der Waals surface area contributed by atoms with Crippen molar-refractivity contribution in [3.63, 3.8) is 0 Å². The van der Waals surface area contributed by atoms with Crippen molar-refractivity contribution in [1.82, 2.24) is 9.97 Å². The fourth-order valence-electron chi connectivity index (χ4n) is 2.10. The maximum atomic E-state index is 11.4. The Kier molecular flexibility index (Phi) is 3.57. The Morgan fingerprint density at radius 2 is 1.86 bits per heavy atom. The minimum atomic E-state index is -0.681. The number of halogens is 1. The molecule has 108 valence electrons. The van der Waals surface area contributed by atoms with Gasteiger partial charge in [0.25, 0.3) is 0 Å². The Labute approximate surface area is 128 Å². The zero-order chi connectivity index (χ0) is 15.0. The molecule has 0 amide bonds. The monoisotopic (exact) mass is 322 g/mol. The fraction of sp³-hybridized carbons (Fsp3) is 0.143. The van der Waals surface area contributed by atoms with E-state index in [0.29, 0.717) is 11.0 Å². The Balaban J connectivity index is 2.10. The molecule has 0 spiro atoms. The molecule has 21 heavy (non-hydrogen) atoms. The summed E-state index contributed by atoms with van der Waals surface area (Å²) in [7, 11) is 1.60. The van der Waals surface area contributed by atoms with Crippen LogP contribution in [-0.2, 0) is 0 Å². The molecule has 0 fully saturated rings. The third-order valence-corrected chi connectivity index (χ3v) is 4.71. The molecule has 0 aliphatic carbocycles. The van der Waals surface area contributed by atoms with Crippen molar-refractivity contribution in [2.75, 3.05) is 7.11 Å². The van der Waals surface area contributed by atoms with Crippen LogP contribution in [0.3, 0.4) is 0 Å². The van der Waals surface area contributed by atoms with Crippen LogP contribution >= 0.6 is 22.9 Å². The Bertz CT molecular complexity index is 912. The number of aromatic nitrogens is 2. The molecule has 0 bridgehead atoms. The van der Waals surface area contributed by atoms with Crippen molar-refractivity contribution in [2.24, 2.45) is 0 Å². The molecule has 3 rings (SSSR count). The lowest BCUT2D eigenvalue weighted by atomic mass is 10.1. The van der Waals surface area contributed by atoms with Gasteiger partial charge < -0.3 is 14.7 Å². The molecule has 0 aliphatic heterocycles. The number of rotatable bonds is 3. The SMILES string of the molecule is COc1ccsc1C(Cl)c1ccc2[nH]c(=O)c(=O)[nH]c2c1. The smallest absolute Gasteiger partial charge is 0.314 e. The van der Waals surface area contributed by atoms with E-state index in [0.717, 1.165) is 16.2 Å². The molecule has 0 saturated carbocycles. The van der Waals surface area contributed by atoms with E-state index in [-0.39, 0.29) is 5.38 Å². The van der Waals surface area contributed by atoms with Crippen molar-refractivity contribution in [1.29, 1.82) is 0 Å². The number of fused-ring (bicyclic) bond motifs is 1. The summed E-state index contributed by atoms with van der Waals surface area (Å²) in [6.45, 7) is 0. The Morgan fingerprint density at radius 1 is 1.14 bits per heavy atom. The lowest BCUT2D eigenvalue weighted by molar-refractivity contribution is 0.413. The number of alkyl halides is 1. The van der Waals surface area contributed by atoms with Gasteiger partial charge in [0.2, 0.25) is 0 Å². The summed E-state index contributed by atoms with van der Waals surface area (Å²) < 4.78 is 5.27. The fourth-order valence-corrected chi connectivity index (χ4v) is 3.36. The molecule has 2 aromatic heterocycles. The summed E-state index contributed by atoms with van der Waals surface area (Å²) >= 11 is 8.00. The number of hydrogen-bond donors (Lipinski definition) is 2. The number of thiophene rings is 1.